The molecule has 0 spiro atoms. The van der Waals surface area contributed by atoms with Crippen molar-refractivity contribution in [1.29, 1.82) is 0 Å². The second kappa shape index (κ2) is 4.21. The van der Waals surface area contributed by atoms with E-state index in [1.165, 1.54) is 0 Å². The fourth-order valence-corrected chi connectivity index (χ4v) is 1.10. The molecule has 12 heavy (non-hydrogen) atoms. The third-order valence-corrected chi connectivity index (χ3v) is 1.69. The first kappa shape index (κ1) is 9.19. The number of thiol groups is 1. The van der Waals surface area contributed by atoms with E-state index in [9.17, 15) is 4.79 Å². The van der Waals surface area contributed by atoms with Crippen LogP contribution >= 0.6 is 12.8 Å². The lowest BCUT2D eigenvalue weighted by atomic mass is 10.3. The maximum Gasteiger partial charge on any atom is 0.224 e. The fourth-order valence-electron chi connectivity index (χ4n) is 0.910. The van der Waals surface area contributed by atoms with Crippen molar-refractivity contribution >= 4 is 24.4 Å². The molecule has 0 unspecified atom stereocenters. The molecule has 0 saturated heterocycles. The molecule has 3 nitrogen and oxygen atoms in total. The van der Waals surface area contributed by atoms with Gasteiger partial charge in [-0.1, -0.05) is 19.7 Å². The summed E-state index contributed by atoms with van der Waals surface area (Å²) in [5, 5.41) is 2.76. The maximum absolute atomic E-state index is 11.1. The van der Waals surface area contributed by atoms with E-state index in [4.69, 9.17) is 0 Å². The molecule has 0 saturated carbocycles. The zero-order valence-corrected chi connectivity index (χ0v) is 7.84. The first-order chi connectivity index (χ1) is 5.72. The summed E-state index contributed by atoms with van der Waals surface area (Å²) in [5.41, 5.74) is 0.795. The van der Waals surface area contributed by atoms with Crippen molar-refractivity contribution in [3.8, 4) is 0 Å². The molecule has 0 fully saturated rings. The van der Waals surface area contributed by atoms with Gasteiger partial charge in [-0.2, -0.15) is 0 Å². The lowest BCUT2D eigenvalue weighted by molar-refractivity contribution is -0.116. The SMILES string of the molecule is CCCC(=O)Nc1ccn(S)c1. The lowest BCUT2D eigenvalue weighted by Crippen LogP contribution is -2.09. The summed E-state index contributed by atoms with van der Waals surface area (Å²) >= 11 is 4.05. The topological polar surface area (TPSA) is 34.0 Å². The highest BCUT2D eigenvalue weighted by molar-refractivity contribution is 7.78. The molecular weight excluding hydrogens is 172 g/mol. The highest BCUT2D eigenvalue weighted by Crippen LogP contribution is 2.08. The van der Waals surface area contributed by atoms with Gasteiger partial charge in [-0.15, -0.1) is 0 Å². The molecule has 0 aliphatic rings. The van der Waals surface area contributed by atoms with E-state index in [-0.39, 0.29) is 5.91 Å². The Morgan fingerprint density at radius 2 is 2.50 bits per heavy atom. The molecule has 1 rings (SSSR count). The van der Waals surface area contributed by atoms with Crippen LogP contribution < -0.4 is 5.32 Å². The Morgan fingerprint density at radius 3 is 3.00 bits per heavy atom. The van der Waals surface area contributed by atoms with Gasteiger partial charge >= 0.3 is 0 Å². The lowest BCUT2D eigenvalue weighted by Gasteiger charge is -1.99. The number of anilines is 1. The molecule has 4 heteroatoms. The average molecular weight is 184 g/mol. The minimum Gasteiger partial charge on any atom is -0.325 e. The summed E-state index contributed by atoms with van der Waals surface area (Å²) < 4.78 is 1.60. The van der Waals surface area contributed by atoms with Crippen molar-refractivity contribution < 1.29 is 4.79 Å². The van der Waals surface area contributed by atoms with Crippen molar-refractivity contribution in [3.05, 3.63) is 18.5 Å². The van der Waals surface area contributed by atoms with Gasteiger partial charge < -0.3 is 5.32 Å². The minimum absolute atomic E-state index is 0.0528. The van der Waals surface area contributed by atoms with Crippen LogP contribution in [0.5, 0.6) is 0 Å². The highest BCUT2D eigenvalue weighted by Gasteiger charge is 2.00. The van der Waals surface area contributed by atoms with E-state index in [0.717, 1.165) is 12.1 Å². The van der Waals surface area contributed by atoms with Crippen molar-refractivity contribution in [1.82, 2.24) is 3.97 Å². The van der Waals surface area contributed by atoms with Gasteiger partial charge in [0, 0.05) is 18.8 Å². The van der Waals surface area contributed by atoms with Crippen molar-refractivity contribution in [2.45, 2.75) is 19.8 Å². The number of nitrogens with one attached hydrogen (secondary N) is 1. The summed E-state index contributed by atoms with van der Waals surface area (Å²) in [6.07, 6.45) is 4.95. The first-order valence-corrected chi connectivity index (χ1v) is 4.29. The monoisotopic (exact) mass is 184 g/mol. The Hall–Kier alpha value is -0.900. The third kappa shape index (κ3) is 2.62. The summed E-state index contributed by atoms with van der Waals surface area (Å²) in [7, 11) is 0. The van der Waals surface area contributed by atoms with E-state index >= 15 is 0 Å². The van der Waals surface area contributed by atoms with Gasteiger partial charge in [0.15, 0.2) is 0 Å². The maximum atomic E-state index is 11.1. The standard InChI is InChI=1S/C8H12N2OS/c1-2-3-8(11)9-7-4-5-10(12)6-7/h4-6,12H,2-3H2,1H3,(H,9,11). The molecule has 1 aromatic heterocycles. The van der Waals surface area contributed by atoms with Gasteiger partial charge in [-0.25, -0.2) is 0 Å². The molecule has 0 atom stereocenters. The zero-order chi connectivity index (χ0) is 8.97. The number of amides is 1. The molecule has 1 N–H and O–H groups in total. The predicted octanol–water partition coefficient (Wildman–Crippen LogP) is 1.92. The van der Waals surface area contributed by atoms with Crippen LogP contribution in [0, 0.1) is 0 Å². The van der Waals surface area contributed by atoms with Gasteiger partial charge in [0.1, 0.15) is 0 Å². The van der Waals surface area contributed by atoms with Gasteiger partial charge in [-0.3, -0.25) is 8.77 Å². The summed E-state index contributed by atoms with van der Waals surface area (Å²) in [4.78, 5) is 11.1. The quantitative estimate of drug-likeness (QED) is 0.691. The van der Waals surface area contributed by atoms with Crippen LogP contribution in [0.4, 0.5) is 5.69 Å². The van der Waals surface area contributed by atoms with E-state index in [0.29, 0.717) is 6.42 Å². The number of hydrogen-bond acceptors (Lipinski definition) is 2. The summed E-state index contributed by atoms with van der Waals surface area (Å²) in [6.45, 7) is 1.98. The Labute approximate surface area is 77.3 Å². The molecule has 66 valence electrons. The van der Waals surface area contributed by atoms with Crippen molar-refractivity contribution in [2.24, 2.45) is 0 Å². The normalized spacial score (nSPS) is 9.83. The summed E-state index contributed by atoms with van der Waals surface area (Å²) in [5.74, 6) is 0.0528. The van der Waals surface area contributed by atoms with E-state index in [2.05, 4.69) is 18.1 Å². The Balaban J connectivity index is 2.46. The van der Waals surface area contributed by atoms with E-state index < -0.39 is 0 Å². The molecular formula is C8H12N2OS. The molecule has 1 heterocycles. The van der Waals surface area contributed by atoms with Gasteiger partial charge in [0.05, 0.1) is 5.69 Å². The van der Waals surface area contributed by atoms with Crippen LogP contribution in [0.25, 0.3) is 0 Å². The highest BCUT2D eigenvalue weighted by atomic mass is 32.1. The molecule has 0 bridgehead atoms. The Kier molecular flexibility index (Phi) is 3.22. The Bertz CT molecular complexity index is 270. The second-order valence-electron chi connectivity index (χ2n) is 2.58. The van der Waals surface area contributed by atoms with Crippen LogP contribution in [0.15, 0.2) is 18.5 Å². The molecule has 1 aromatic rings. The second-order valence-corrected chi connectivity index (χ2v) is 3.04. The third-order valence-electron chi connectivity index (χ3n) is 1.44. The molecule has 0 aromatic carbocycles. The van der Waals surface area contributed by atoms with Gasteiger partial charge in [0.25, 0.3) is 0 Å². The van der Waals surface area contributed by atoms with Crippen LogP contribution in [-0.2, 0) is 4.79 Å². The van der Waals surface area contributed by atoms with Crippen LogP contribution in [0.2, 0.25) is 0 Å². The molecule has 1 amide bonds. The van der Waals surface area contributed by atoms with Crippen LogP contribution in [0.1, 0.15) is 19.8 Å². The Morgan fingerprint density at radius 1 is 1.75 bits per heavy atom. The number of aromatic nitrogens is 1. The minimum atomic E-state index is 0.0528. The number of carbonyl (C=O) groups excluding carboxylic acids is 1. The molecule has 0 aliphatic carbocycles. The summed E-state index contributed by atoms with van der Waals surface area (Å²) in [6, 6.07) is 1.81. The number of carbonyl (C=O) groups is 1. The van der Waals surface area contributed by atoms with Crippen LogP contribution in [0.3, 0.4) is 0 Å². The zero-order valence-electron chi connectivity index (χ0n) is 6.95. The largest absolute Gasteiger partial charge is 0.325 e. The van der Waals surface area contributed by atoms with E-state index in [1.807, 2.05) is 6.92 Å². The predicted molar refractivity (Wildman–Crippen MR) is 52.4 cm³/mol. The van der Waals surface area contributed by atoms with Gasteiger partial charge in [-0.05, 0) is 12.5 Å². The smallest absolute Gasteiger partial charge is 0.224 e. The van der Waals surface area contributed by atoms with E-state index in [1.54, 1.807) is 22.4 Å². The molecule has 0 radical (unpaired) electrons. The average Bonchev–Trinajstić information content (AvgIpc) is 2.36. The van der Waals surface area contributed by atoms with Crippen molar-refractivity contribution in [2.75, 3.05) is 5.32 Å². The molecule has 0 aliphatic heterocycles. The number of hydrogen-bond donors (Lipinski definition) is 2. The first-order valence-electron chi connectivity index (χ1n) is 3.89. The van der Waals surface area contributed by atoms with Gasteiger partial charge in [0.2, 0.25) is 5.91 Å². The van der Waals surface area contributed by atoms with Crippen molar-refractivity contribution in [3.63, 3.8) is 0 Å². The number of nitrogens with zero attached hydrogens (tertiary/aromatic N) is 1. The number of rotatable bonds is 3. The van der Waals surface area contributed by atoms with Crippen LogP contribution in [-0.4, -0.2) is 9.88 Å². The fraction of sp³-hybridized carbons (Fsp3) is 0.375.